The Labute approximate surface area is 131 Å². The van der Waals surface area contributed by atoms with E-state index in [-0.39, 0.29) is 5.54 Å². The molecule has 0 aromatic heterocycles. The number of nitrogens with one attached hydrogen (secondary N) is 1. The lowest BCUT2D eigenvalue weighted by Gasteiger charge is -2.37. The summed E-state index contributed by atoms with van der Waals surface area (Å²) in [6, 6.07) is 7.12. The van der Waals surface area contributed by atoms with Crippen LogP contribution in [0.4, 0.5) is 0 Å². The molecular formula is C20H33N. The first kappa shape index (κ1) is 16.5. The zero-order valence-electron chi connectivity index (χ0n) is 14.8. The highest BCUT2D eigenvalue weighted by Gasteiger charge is 2.30. The molecule has 0 bridgehead atoms. The minimum atomic E-state index is 0.218. The van der Waals surface area contributed by atoms with Crippen molar-refractivity contribution in [2.45, 2.75) is 72.3 Å². The smallest absolute Gasteiger partial charge is 0.00966 e. The first-order valence-corrected chi connectivity index (χ1v) is 8.58. The fraction of sp³-hybridized carbons (Fsp3) is 0.700. The van der Waals surface area contributed by atoms with E-state index in [0.29, 0.717) is 0 Å². The lowest BCUT2D eigenvalue weighted by Crippen LogP contribution is -2.41. The minimum Gasteiger partial charge on any atom is -0.312 e. The highest BCUT2D eigenvalue weighted by molar-refractivity contribution is 5.31. The Morgan fingerprint density at radius 3 is 2.24 bits per heavy atom. The molecule has 0 spiro atoms. The summed E-state index contributed by atoms with van der Waals surface area (Å²) < 4.78 is 0. The molecule has 0 radical (unpaired) electrons. The van der Waals surface area contributed by atoms with Crippen molar-refractivity contribution in [3.8, 4) is 0 Å². The van der Waals surface area contributed by atoms with Gasteiger partial charge in [0.05, 0.1) is 0 Å². The zero-order chi connectivity index (χ0) is 15.6. The van der Waals surface area contributed by atoms with Gasteiger partial charge in [0.15, 0.2) is 0 Å². The van der Waals surface area contributed by atoms with Gasteiger partial charge in [-0.25, -0.2) is 0 Å². The first-order valence-electron chi connectivity index (χ1n) is 8.58. The topological polar surface area (TPSA) is 12.0 Å². The van der Waals surface area contributed by atoms with Gasteiger partial charge in [-0.1, -0.05) is 42.7 Å². The van der Waals surface area contributed by atoms with E-state index in [1.54, 1.807) is 5.56 Å². The molecule has 1 fully saturated rings. The van der Waals surface area contributed by atoms with Crippen molar-refractivity contribution in [2.75, 3.05) is 6.54 Å². The van der Waals surface area contributed by atoms with Crippen LogP contribution in [-0.2, 0) is 0 Å². The maximum Gasteiger partial charge on any atom is 0.00966 e. The van der Waals surface area contributed by atoms with Crippen molar-refractivity contribution in [2.24, 2.45) is 11.8 Å². The van der Waals surface area contributed by atoms with Crippen molar-refractivity contribution in [1.82, 2.24) is 5.32 Å². The first-order chi connectivity index (χ1) is 9.74. The molecule has 21 heavy (non-hydrogen) atoms. The summed E-state index contributed by atoms with van der Waals surface area (Å²) in [6.07, 6.45) is 4.10. The molecule has 3 atom stereocenters. The maximum atomic E-state index is 3.74. The Morgan fingerprint density at radius 2 is 1.67 bits per heavy atom. The molecular weight excluding hydrogens is 254 g/mol. The van der Waals surface area contributed by atoms with Crippen LogP contribution in [0.1, 0.15) is 69.6 Å². The zero-order valence-corrected chi connectivity index (χ0v) is 14.8. The van der Waals surface area contributed by atoms with Gasteiger partial charge in [-0.2, -0.15) is 0 Å². The van der Waals surface area contributed by atoms with E-state index < -0.39 is 0 Å². The monoisotopic (exact) mass is 287 g/mol. The van der Waals surface area contributed by atoms with Crippen LogP contribution in [0.15, 0.2) is 18.2 Å². The van der Waals surface area contributed by atoms with Gasteiger partial charge < -0.3 is 5.32 Å². The van der Waals surface area contributed by atoms with Gasteiger partial charge in [0, 0.05) is 5.54 Å². The molecule has 1 aromatic carbocycles. The van der Waals surface area contributed by atoms with Crippen molar-refractivity contribution in [3.63, 3.8) is 0 Å². The normalized spacial score (nSPS) is 26.9. The molecule has 1 aliphatic rings. The van der Waals surface area contributed by atoms with E-state index in [4.69, 9.17) is 0 Å². The predicted octanol–water partition coefficient (Wildman–Crippen LogP) is 5.21. The molecule has 1 heteroatoms. The minimum absolute atomic E-state index is 0.218. The highest BCUT2D eigenvalue weighted by Crippen LogP contribution is 2.40. The Kier molecular flexibility index (Phi) is 5.14. The van der Waals surface area contributed by atoms with Crippen molar-refractivity contribution in [1.29, 1.82) is 0 Å². The largest absolute Gasteiger partial charge is 0.312 e. The predicted molar refractivity (Wildman–Crippen MR) is 92.9 cm³/mol. The summed E-state index contributed by atoms with van der Waals surface area (Å²) >= 11 is 0. The third-order valence-electron chi connectivity index (χ3n) is 4.82. The van der Waals surface area contributed by atoms with E-state index >= 15 is 0 Å². The Hall–Kier alpha value is -0.820. The quantitative estimate of drug-likeness (QED) is 0.804. The van der Waals surface area contributed by atoms with Crippen LogP contribution in [0.5, 0.6) is 0 Å². The van der Waals surface area contributed by atoms with Crippen LogP contribution < -0.4 is 5.32 Å². The van der Waals surface area contributed by atoms with Crippen LogP contribution in [0, 0.1) is 25.7 Å². The van der Waals surface area contributed by atoms with Crippen LogP contribution >= 0.6 is 0 Å². The molecule has 2 rings (SSSR count). The van der Waals surface area contributed by atoms with Crippen LogP contribution in [-0.4, -0.2) is 12.1 Å². The van der Waals surface area contributed by atoms with Gasteiger partial charge in [0.1, 0.15) is 0 Å². The van der Waals surface area contributed by atoms with Gasteiger partial charge in [0.2, 0.25) is 0 Å². The number of hydrogen-bond acceptors (Lipinski definition) is 1. The fourth-order valence-corrected chi connectivity index (χ4v) is 3.76. The lowest BCUT2D eigenvalue weighted by atomic mass is 9.71. The molecule has 1 nitrogen and oxygen atoms in total. The summed E-state index contributed by atoms with van der Waals surface area (Å²) in [5.74, 6) is 2.37. The highest BCUT2D eigenvalue weighted by atomic mass is 14.9. The molecule has 1 N–H and O–H groups in total. The van der Waals surface area contributed by atoms with E-state index in [1.165, 1.54) is 30.4 Å². The van der Waals surface area contributed by atoms with Gasteiger partial charge >= 0.3 is 0 Å². The average molecular weight is 287 g/mol. The van der Waals surface area contributed by atoms with E-state index in [0.717, 1.165) is 24.3 Å². The summed E-state index contributed by atoms with van der Waals surface area (Å²) in [5.41, 5.74) is 4.60. The Balaban J connectivity index is 2.18. The summed E-state index contributed by atoms with van der Waals surface area (Å²) in [6.45, 7) is 14.8. The number of hydrogen-bond donors (Lipinski definition) is 1. The standard InChI is InChI=1S/C20H33N/c1-14-7-8-17(13-21-20(4,5)6)19(12-14)18-10-15(2)9-16(3)11-18/h9-11,14,17,19,21H,7-8,12-13H2,1-6H3. The molecule has 1 saturated carbocycles. The van der Waals surface area contributed by atoms with Crippen molar-refractivity contribution < 1.29 is 0 Å². The van der Waals surface area contributed by atoms with Gasteiger partial charge in [-0.15, -0.1) is 0 Å². The number of aryl methyl sites for hydroxylation is 2. The second-order valence-electron chi connectivity index (χ2n) is 8.34. The fourth-order valence-electron chi connectivity index (χ4n) is 3.76. The van der Waals surface area contributed by atoms with Gasteiger partial charge in [0.25, 0.3) is 0 Å². The summed E-state index contributed by atoms with van der Waals surface area (Å²) in [7, 11) is 0. The molecule has 118 valence electrons. The lowest BCUT2D eigenvalue weighted by molar-refractivity contribution is 0.227. The average Bonchev–Trinajstić information content (AvgIpc) is 2.35. The SMILES string of the molecule is Cc1cc(C)cc(C2CC(C)CCC2CNC(C)(C)C)c1. The summed E-state index contributed by atoms with van der Waals surface area (Å²) in [5, 5.41) is 3.74. The molecule has 1 aromatic rings. The molecule has 1 aliphatic carbocycles. The Morgan fingerprint density at radius 1 is 1.05 bits per heavy atom. The van der Waals surface area contributed by atoms with E-state index in [2.05, 4.69) is 65.1 Å². The molecule has 3 unspecified atom stereocenters. The number of benzene rings is 1. The molecule has 0 heterocycles. The van der Waals surface area contributed by atoms with Gasteiger partial charge in [-0.3, -0.25) is 0 Å². The van der Waals surface area contributed by atoms with E-state index in [9.17, 15) is 0 Å². The van der Waals surface area contributed by atoms with Gasteiger partial charge in [-0.05, 0) is 77.3 Å². The molecule has 0 saturated heterocycles. The third kappa shape index (κ3) is 4.85. The molecule has 0 aliphatic heterocycles. The van der Waals surface area contributed by atoms with Crippen LogP contribution in [0.3, 0.4) is 0 Å². The second-order valence-corrected chi connectivity index (χ2v) is 8.34. The van der Waals surface area contributed by atoms with Crippen LogP contribution in [0.25, 0.3) is 0 Å². The molecule has 0 amide bonds. The second kappa shape index (κ2) is 6.52. The third-order valence-corrected chi connectivity index (χ3v) is 4.82. The number of rotatable bonds is 3. The van der Waals surface area contributed by atoms with Crippen molar-refractivity contribution >= 4 is 0 Å². The summed E-state index contributed by atoms with van der Waals surface area (Å²) in [4.78, 5) is 0. The van der Waals surface area contributed by atoms with E-state index in [1.807, 2.05) is 0 Å². The maximum absolute atomic E-state index is 3.74. The Bertz CT molecular complexity index is 449. The van der Waals surface area contributed by atoms with Crippen molar-refractivity contribution in [3.05, 3.63) is 34.9 Å². The van der Waals surface area contributed by atoms with Crippen LogP contribution in [0.2, 0.25) is 0 Å².